The predicted molar refractivity (Wildman–Crippen MR) is 64.0 cm³/mol. The second-order valence-corrected chi connectivity index (χ2v) is 5.29. The monoisotopic (exact) mass is 277 g/mol. The van der Waals surface area contributed by atoms with Crippen LogP contribution in [-0.2, 0) is 4.79 Å². The Hall–Kier alpha value is -0.0900. The van der Waals surface area contributed by atoms with Gasteiger partial charge in [0.05, 0.1) is 4.83 Å². The van der Waals surface area contributed by atoms with Crippen LogP contribution in [0, 0.1) is 5.92 Å². The summed E-state index contributed by atoms with van der Waals surface area (Å²) in [4.78, 5) is 13.7. The second kappa shape index (κ2) is 6.48. The highest BCUT2D eigenvalue weighted by atomic mass is 79.9. The first-order valence-electron chi connectivity index (χ1n) is 5.72. The molecule has 1 saturated heterocycles. The van der Waals surface area contributed by atoms with Crippen molar-refractivity contribution in [3.63, 3.8) is 0 Å². The van der Waals surface area contributed by atoms with E-state index >= 15 is 0 Å². The van der Waals surface area contributed by atoms with Gasteiger partial charge >= 0.3 is 0 Å². The quantitative estimate of drug-likeness (QED) is 0.779. The summed E-state index contributed by atoms with van der Waals surface area (Å²) in [6, 6.07) is 0. The van der Waals surface area contributed by atoms with E-state index in [0.717, 1.165) is 38.8 Å². The van der Waals surface area contributed by atoms with Gasteiger partial charge in [-0.2, -0.15) is 0 Å². The summed E-state index contributed by atoms with van der Waals surface area (Å²) in [6.45, 7) is 4.01. The van der Waals surface area contributed by atoms with E-state index in [1.54, 1.807) is 0 Å². The van der Waals surface area contributed by atoms with Crippen molar-refractivity contribution in [2.45, 2.75) is 37.4 Å². The molecule has 1 N–H and O–H groups in total. The molecule has 1 aliphatic heterocycles. The minimum absolute atomic E-state index is 0.0119. The van der Waals surface area contributed by atoms with E-state index in [4.69, 9.17) is 5.11 Å². The molecule has 1 fully saturated rings. The molecule has 1 rings (SSSR count). The highest BCUT2D eigenvalue weighted by Gasteiger charge is 2.27. The third kappa shape index (κ3) is 3.76. The topological polar surface area (TPSA) is 40.5 Å². The maximum atomic E-state index is 11.8. The molecule has 88 valence electrons. The summed E-state index contributed by atoms with van der Waals surface area (Å²) in [6.07, 6.45) is 3.86. The Balaban J connectivity index is 2.44. The number of hydrogen-bond donors (Lipinski definition) is 1. The lowest BCUT2D eigenvalue weighted by Crippen LogP contribution is -2.44. The molecule has 1 heterocycles. The zero-order valence-electron chi connectivity index (χ0n) is 9.29. The molecule has 0 radical (unpaired) electrons. The molecule has 0 bridgehead atoms. The number of likely N-dealkylation sites (tertiary alicyclic amines) is 1. The van der Waals surface area contributed by atoms with Crippen molar-refractivity contribution in [2.24, 2.45) is 5.92 Å². The number of aliphatic hydroxyl groups is 1. The van der Waals surface area contributed by atoms with Crippen LogP contribution in [0.4, 0.5) is 0 Å². The fourth-order valence-corrected chi connectivity index (χ4v) is 2.61. The number of halogens is 1. The van der Waals surface area contributed by atoms with Gasteiger partial charge in [0, 0.05) is 19.7 Å². The number of aliphatic hydroxyl groups excluding tert-OH is 1. The van der Waals surface area contributed by atoms with Gasteiger partial charge in [-0.3, -0.25) is 4.79 Å². The normalized spacial score (nSPS) is 24.3. The fraction of sp³-hybridized carbons (Fsp3) is 0.909. The maximum Gasteiger partial charge on any atom is 0.236 e. The molecule has 15 heavy (non-hydrogen) atoms. The van der Waals surface area contributed by atoms with E-state index in [9.17, 15) is 4.79 Å². The van der Waals surface area contributed by atoms with Crippen LogP contribution in [0.2, 0.25) is 0 Å². The molecule has 2 unspecified atom stereocenters. The van der Waals surface area contributed by atoms with Gasteiger partial charge < -0.3 is 10.0 Å². The highest BCUT2D eigenvalue weighted by Crippen LogP contribution is 2.20. The minimum Gasteiger partial charge on any atom is -0.396 e. The van der Waals surface area contributed by atoms with Crippen molar-refractivity contribution in [2.75, 3.05) is 19.7 Å². The molecule has 1 amide bonds. The van der Waals surface area contributed by atoms with E-state index in [-0.39, 0.29) is 17.3 Å². The highest BCUT2D eigenvalue weighted by molar-refractivity contribution is 9.10. The lowest BCUT2D eigenvalue weighted by Gasteiger charge is -2.32. The van der Waals surface area contributed by atoms with Crippen molar-refractivity contribution in [1.29, 1.82) is 0 Å². The lowest BCUT2D eigenvalue weighted by atomic mass is 10.0. The number of hydrogen-bond acceptors (Lipinski definition) is 2. The Morgan fingerprint density at radius 3 is 3.00 bits per heavy atom. The zero-order valence-corrected chi connectivity index (χ0v) is 10.9. The van der Waals surface area contributed by atoms with Gasteiger partial charge in [0.25, 0.3) is 0 Å². The molecular weight excluding hydrogens is 258 g/mol. The van der Waals surface area contributed by atoms with Gasteiger partial charge in [-0.25, -0.2) is 0 Å². The molecular formula is C11H20BrNO2. The summed E-state index contributed by atoms with van der Waals surface area (Å²) >= 11 is 3.40. The largest absolute Gasteiger partial charge is 0.396 e. The second-order valence-electron chi connectivity index (χ2n) is 4.18. The summed E-state index contributed by atoms with van der Waals surface area (Å²) < 4.78 is 0. The number of amides is 1. The van der Waals surface area contributed by atoms with Crippen LogP contribution in [0.3, 0.4) is 0 Å². The lowest BCUT2D eigenvalue weighted by molar-refractivity contribution is -0.133. The van der Waals surface area contributed by atoms with E-state index in [1.807, 2.05) is 4.90 Å². The smallest absolute Gasteiger partial charge is 0.236 e. The van der Waals surface area contributed by atoms with E-state index < -0.39 is 0 Å². The first kappa shape index (κ1) is 13.0. The molecule has 2 atom stereocenters. The van der Waals surface area contributed by atoms with Crippen LogP contribution in [0.15, 0.2) is 0 Å². The summed E-state index contributed by atoms with van der Waals surface area (Å²) in [5.74, 6) is 0.661. The Bertz CT molecular complexity index is 211. The number of rotatable bonds is 5. The van der Waals surface area contributed by atoms with Gasteiger partial charge in [-0.15, -0.1) is 0 Å². The molecule has 1 aliphatic rings. The average Bonchev–Trinajstić information content (AvgIpc) is 2.24. The molecule has 0 spiro atoms. The number of nitrogens with zero attached hydrogens (tertiary/aromatic N) is 1. The maximum absolute atomic E-state index is 11.8. The molecule has 0 aliphatic carbocycles. The van der Waals surface area contributed by atoms with Gasteiger partial charge in [-0.1, -0.05) is 29.3 Å². The van der Waals surface area contributed by atoms with Crippen molar-refractivity contribution >= 4 is 21.8 Å². The Labute approximate surface area is 100.0 Å². The summed E-state index contributed by atoms with van der Waals surface area (Å²) in [7, 11) is 0. The van der Waals surface area contributed by atoms with E-state index in [1.165, 1.54) is 0 Å². The first-order valence-corrected chi connectivity index (χ1v) is 6.64. The van der Waals surface area contributed by atoms with Crippen molar-refractivity contribution < 1.29 is 9.90 Å². The zero-order chi connectivity index (χ0) is 11.3. The van der Waals surface area contributed by atoms with Crippen molar-refractivity contribution in [3.8, 4) is 0 Å². The minimum atomic E-state index is 0.0119. The van der Waals surface area contributed by atoms with Crippen LogP contribution >= 0.6 is 15.9 Å². The Kier molecular flexibility index (Phi) is 5.61. The fourth-order valence-electron chi connectivity index (χ4n) is 1.99. The van der Waals surface area contributed by atoms with E-state index in [0.29, 0.717) is 5.92 Å². The van der Waals surface area contributed by atoms with Crippen molar-refractivity contribution in [3.05, 3.63) is 0 Å². The third-order valence-electron chi connectivity index (χ3n) is 3.06. The van der Waals surface area contributed by atoms with Gasteiger partial charge in [0.1, 0.15) is 0 Å². The number of alkyl halides is 1. The average molecular weight is 278 g/mol. The molecule has 0 aromatic carbocycles. The van der Waals surface area contributed by atoms with Gasteiger partial charge in [0.15, 0.2) is 0 Å². The van der Waals surface area contributed by atoms with Crippen LogP contribution in [0.5, 0.6) is 0 Å². The first-order chi connectivity index (χ1) is 7.19. The SMILES string of the molecule is CCC(CCO)CN1CCCC(Br)C1=O. The van der Waals surface area contributed by atoms with E-state index in [2.05, 4.69) is 22.9 Å². The molecule has 0 saturated carbocycles. The molecule has 3 nitrogen and oxygen atoms in total. The van der Waals surface area contributed by atoms with Gasteiger partial charge in [0.2, 0.25) is 5.91 Å². The number of carbonyl (C=O) groups is 1. The van der Waals surface area contributed by atoms with Crippen LogP contribution in [-0.4, -0.2) is 40.4 Å². The molecule has 4 heteroatoms. The molecule has 0 aromatic heterocycles. The van der Waals surface area contributed by atoms with Crippen LogP contribution in [0.25, 0.3) is 0 Å². The number of piperidine rings is 1. The standard InChI is InChI=1S/C11H20BrNO2/c1-2-9(5-7-14)8-13-6-3-4-10(12)11(13)15/h9-10,14H,2-8H2,1H3. The Morgan fingerprint density at radius 1 is 1.67 bits per heavy atom. The molecule has 0 aromatic rings. The van der Waals surface area contributed by atoms with Crippen LogP contribution in [0.1, 0.15) is 32.6 Å². The Morgan fingerprint density at radius 2 is 2.40 bits per heavy atom. The predicted octanol–water partition coefficient (Wildman–Crippen LogP) is 1.78. The van der Waals surface area contributed by atoms with Crippen molar-refractivity contribution in [1.82, 2.24) is 4.90 Å². The number of carbonyl (C=O) groups excluding carboxylic acids is 1. The third-order valence-corrected chi connectivity index (χ3v) is 3.91. The van der Waals surface area contributed by atoms with Crippen LogP contribution < -0.4 is 0 Å². The summed E-state index contributed by atoms with van der Waals surface area (Å²) in [5, 5.41) is 8.90. The summed E-state index contributed by atoms with van der Waals surface area (Å²) in [5.41, 5.74) is 0. The van der Waals surface area contributed by atoms with Gasteiger partial charge in [-0.05, 0) is 25.2 Å².